The standard InChI is InChI=1S/C14H18N2O5/c1-21-14(20)16-4-2-10(3-5-16)15-13(19)9-6-11(17)8-12(18)7-9/h6-8,10,17-18H,2-5H2,1H3,(H,15,19). The predicted molar refractivity (Wildman–Crippen MR) is 74.2 cm³/mol. The van der Waals surface area contributed by atoms with Crippen LogP contribution in [0.5, 0.6) is 11.5 Å². The number of aromatic hydroxyl groups is 2. The number of hydrogen-bond donors (Lipinski definition) is 3. The highest BCUT2D eigenvalue weighted by atomic mass is 16.5. The minimum Gasteiger partial charge on any atom is -0.508 e. The van der Waals surface area contributed by atoms with Crippen molar-refractivity contribution in [1.82, 2.24) is 10.2 Å². The summed E-state index contributed by atoms with van der Waals surface area (Å²) in [4.78, 5) is 25.0. The zero-order chi connectivity index (χ0) is 15.4. The molecule has 0 radical (unpaired) electrons. The summed E-state index contributed by atoms with van der Waals surface area (Å²) in [7, 11) is 1.34. The van der Waals surface area contributed by atoms with Gasteiger partial charge in [-0.3, -0.25) is 4.79 Å². The number of benzene rings is 1. The number of phenols is 2. The lowest BCUT2D eigenvalue weighted by Crippen LogP contribution is -2.46. The summed E-state index contributed by atoms with van der Waals surface area (Å²) in [5, 5.41) is 21.6. The van der Waals surface area contributed by atoms with E-state index in [4.69, 9.17) is 0 Å². The summed E-state index contributed by atoms with van der Waals surface area (Å²) in [5.41, 5.74) is 0.197. The number of rotatable bonds is 2. The van der Waals surface area contributed by atoms with E-state index in [-0.39, 0.29) is 35.1 Å². The first-order valence-electron chi connectivity index (χ1n) is 6.66. The zero-order valence-electron chi connectivity index (χ0n) is 11.7. The maximum Gasteiger partial charge on any atom is 0.409 e. The van der Waals surface area contributed by atoms with Crippen molar-refractivity contribution >= 4 is 12.0 Å². The van der Waals surface area contributed by atoms with Crippen LogP contribution in [0.25, 0.3) is 0 Å². The molecule has 3 N–H and O–H groups in total. The van der Waals surface area contributed by atoms with Crippen LogP contribution in [0.15, 0.2) is 18.2 Å². The highest BCUT2D eigenvalue weighted by molar-refractivity contribution is 5.95. The fourth-order valence-electron chi connectivity index (χ4n) is 2.33. The van der Waals surface area contributed by atoms with Crippen LogP contribution in [0, 0.1) is 0 Å². The highest BCUT2D eigenvalue weighted by Crippen LogP contribution is 2.21. The van der Waals surface area contributed by atoms with Crippen molar-refractivity contribution in [2.24, 2.45) is 0 Å². The molecule has 1 heterocycles. The van der Waals surface area contributed by atoms with Crippen LogP contribution >= 0.6 is 0 Å². The number of likely N-dealkylation sites (tertiary alicyclic amines) is 1. The molecule has 0 atom stereocenters. The normalized spacial score (nSPS) is 15.6. The Morgan fingerprint density at radius 3 is 2.29 bits per heavy atom. The zero-order valence-corrected chi connectivity index (χ0v) is 11.7. The molecule has 1 fully saturated rings. The van der Waals surface area contributed by atoms with E-state index in [1.54, 1.807) is 4.90 Å². The van der Waals surface area contributed by atoms with E-state index < -0.39 is 0 Å². The van der Waals surface area contributed by atoms with E-state index in [9.17, 15) is 19.8 Å². The SMILES string of the molecule is COC(=O)N1CCC(NC(=O)c2cc(O)cc(O)c2)CC1. The number of phenolic OH excluding ortho intramolecular Hbond substituents is 2. The second kappa shape index (κ2) is 6.34. The quantitative estimate of drug-likeness (QED) is 0.757. The highest BCUT2D eigenvalue weighted by Gasteiger charge is 2.24. The van der Waals surface area contributed by atoms with Gasteiger partial charge in [-0.15, -0.1) is 0 Å². The Balaban J connectivity index is 1.91. The number of ether oxygens (including phenoxy) is 1. The molecule has 21 heavy (non-hydrogen) atoms. The van der Waals surface area contributed by atoms with Gasteiger partial charge in [-0.05, 0) is 25.0 Å². The van der Waals surface area contributed by atoms with Crippen LogP contribution in [0.4, 0.5) is 4.79 Å². The van der Waals surface area contributed by atoms with E-state index in [1.165, 1.54) is 19.2 Å². The number of carbonyl (C=O) groups is 2. The summed E-state index contributed by atoms with van der Waals surface area (Å²) in [6.45, 7) is 1.03. The summed E-state index contributed by atoms with van der Waals surface area (Å²) in [6, 6.07) is 3.69. The fraction of sp³-hybridized carbons (Fsp3) is 0.429. The molecule has 2 rings (SSSR count). The van der Waals surface area contributed by atoms with Gasteiger partial charge in [0.25, 0.3) is 5.91 Å². The van der Waals surface area contributed by atoms with Crippen LogP contribution in [-0.4, -0.2) is 53.4 Å². The van der Waals surface area contributed by atoms with Crippen LogP contribution in [0.3, 0.4) is 0 Å². The van der Waals surface area contributed by atoms with E-state index >= 15 is 0 Å². The Kier molecular flexibility index (Phi) is 4.52. The summed E-state index contributed by atoms with van der Waals surface area (Å²) >= 11 is 0. The van der Waals surface area contributed by atoms with Crippen molar-refractivity contribution in [1.29, 1.82) is 0 Å². The van der Waals surface area contributed by atoms with Gasteiger partial charge >= 0.3 is 6.09 Å². The smallest absolute Gasteiger partial charge is 0.409 e. The van der Waals surface area contributed by atoms with Crippen molar-refractivity contribution in [3.8, 4) is 11.5 Å². The Morgan fingerprint density at radius 2 is 1.76 bits per heavy atom. The average molecular weight is 294 g/mol. The summed E-state index contributed by atoms with van der Waals surface area (Å²) in [6.07, 6.45) is 0.898. The van der Waals surface area contributed by atoms with Gasteiger partial charge in [0.1, 0.15) is 11.5 Å². The van der Waals surface area contributed by atoms with Gasteiger partial charge < -0.3 is 25.2 Å². The third-order valence-electron chi connectivity index (χ3n) is 3.43. The predicted octanol–water partition coefficient (Wildman–Crippen LogP) is 1.06. The molecule has 7 heteroatoms. The van der Waals surface area contributed by atoms with Crippen molar-refractivity contribution in [2.45, 2.75) is 18.9 Å². The topological polar surface area (TPSA) is 99.1 Å². The molecular formula is C14H18N2O5. The summed E-state index contributed by atoms with van der Waals surface area (Å²) < 4.78 is 4.65. The second-order valence-electron chi connectivity index (χ2n) is 4.94. The number of carbonyl (C=O) groups excluding carboxylic acids is 2. The lowest BCUT2D eigenvalue weighted by Gasteiger charge is -2.31. The molecule has 1 saturated heterocycles. The van der Waals surface area contributed by atoms with Gasteiger partial charge in [0.15, 0.2) is 0 Å². The number of methoxy groups -OCH3 is 1. The Labute approximate surface area is 122 Å². The van der Waals surface area contributed by atoms with Crippen molar-refractivity contribution in [3.63, 3.8) is 0 Å². The maximum atomic E-state index is 12.1. The molecular weight excluding hydrogens is 276 g/mol. The van der Waals surface area contributed by atoms with Gasteiger partial charge in [0, 0.05) is 30.8 Å². The molecule has 1 aromatic carbocycles. The maximum absolute atomic E-state index is 12.1. The van der Waals surface area contributed by atoms with Gasteiger partial charge in [-0.25, -0.2) is 4.79 Å². The van der Waals surface area contributed by atoms with E-state index in [0.29, 0.717) is 25.9 Å². The molecule has 7 nitrogen and oxygen atoms in total. The molecule has 0 aliphatic carbocycles. The molecule has 1 aromatic rings. The van der Waals surface area contributed by atoms with E-state index in [2.05, 4.69) is 10.1 Å². The molecule has 0 unspecified atom stereocenters. The number of amides is 2. The van der Waals surface area contributed by atoms with Crippen LogP contribution < -0.4 is 5.32 Å². The lowest BCUT2D eigenvalue weighted by atomic mass is 10.0. The Hall–Kier alpha value is -2.44. The number of nitrogens with zero attached hydrogens (tertiary/aromatic N) is 1. The molecule has 0 saturated carbocycles. The molecule has 2 amide bonds. The van der Waals surface area contributed by atoms with Crippen molar-refractivity contribution in [2.75, 3.05) is 20.2 Å². The Morgan fingerprint density at radius 1 is 1.19 bits per heavy atom. The van der Waals surface area contributed by atoms with E-state index in [0.717, 1.165) is 6.07 Å². The minimum absolute atomic E-state index is 0.0529. The molecule has 0 aromatic heterocycles. The van der Waals surface area contributed by atoms with Crippen LogP contribution in [0.2, 0.25) is 0 Å². The number of hydrogen-bond acceptors (Lipinski definition) is 5. The van der Waals surface area contributed by atoms with Crippen LogP contribution in [0.1, 0.15) is 23.2 Å². The molecule has 1 aliphatic rings. The second-order valence-corrected chi connectivity index (χ2v) is 4.94. The van der Waals surface area contributed by atoms with Gasteiger partial charge in [0.05, 0.1) is 7.11 Å². The van der Waals surface area contributed by atoms with Crippen molar-refractivity contribution < 1.29 is 24.5 Å². The summed E-state index contributed by atoms with van der Waals surface area (Å²) in [5.74, 6) is -0.695. The monoisotopic (exact) mass is 294 g/mol. The van der Waals surface area contributed by atoms with Gasteiger partial charge in [-0.2, -0.15) is 0 Å². The van der Waals surface area contributed by atoms with Crippen molar-refractivity contribution in [3.05, 3.63) is 23.8 Å². The lowest BCUT2D eigenvalue weighted by molar-refractivity contribution is 0.0891. The molecule has 0 spiro atoms. The number of nitrogens with one attached hydrogen (secondary N) is 1. The van der Waals surface area contributed by atoms with Gasteiger partial charge in [-0.1, -0.05) is 0 Å². The first-order chi connectivity index (χ1) is 9.99. The first-order valence-corrected chi connectivity index (χ1v) is 6.66. The molecule has 0 bridgehead atoms. The first kappa shape index (κ1) is 15.0. The number of piperidine rings is 1. The fourth-order valence-corrected chi connectivity index (χ4v) is 2.33. The average Bonchev–Trinajstić information content (AvgIpc) is 2.46. The van der Waals surface area contributed by atoms with Gasteiger partial charge in [0.2, 0.25) is 0 Å². The minimum atomic E-state index is -0.363. The largest absolute Gasteiger partial charge is 0.508 e. The Bertz CT molecular complexity index is 518. The molecule has 114 valence electrons. The molecule has 1 aliphatic heterocycles. The van der Waals surface area contributed by atoms with Crippen LogP contribution in [-0.2, 0) is 4.74 Å². The van der Waals surface area contributed by atoms with E-state index in [1.807, 2.05) is 0 Å². The third-order valence-corrected chi connectivity index (χ3v) is 3.43. The third kappa shape index (κ3) is 3.77.